The summed E-state index contributed by atoms with van der Waals surface area (Å²) in [6.07, 6.45) is 0. The minimum Gasteiger partial charge on any atom is -0.285 e. The lowest BCUT2D eigenvalue weighted by molar-refractivity contribution is 0.577. The Bertz CT molecular complexity index is 361. The standard InChI is InChI=1S/C8H9BrN4/c1-5-2-3-6(9)4-7(5)8-10-12-13-11-8/h2-4,12-13H,1H3,(H,10,11). The van der Waals surface area contributed by atoms with Gasteiger partial charge in [-0.25, -0.2) is 5.53 Å². The van der Waals surface area contributed by atoms with Crippen molar-refractivity contribution in [2.24, 2.45) is 5.10 Å². The van der Waals surface area contributed by atoms with E-state index >= 15 is 0 Å². The van der Waals surface area contributed by atoms with E-state index in [0.717, 1.165) is 15.9 Å². The Labute approximate surface area is 84.5 Å². The number of amidine groups is 1. The van der Waals surface area contributed by atoms with Gasteiger partial charge in [0.25, 0.3) is 0 Å². The summed E-state index contributed by atoms with van der Waals surface area (Å²) < 4.78 is 1.05. The molecule has 0 unspecified atom stereocenters. The van der Waals surface area contributed by atoms with E-state index in [1.165, 1.54) is 5.56 Å². The van der Waals surface area contributed by atoms with Crippen LogP contribution in [0, 0.1) is 6.92 Å². The number of nitrogens with zero attached hydrogens (tertiary/aromatic N) is 1. The molecule has 0 saturated heterocycles. The molecule has 2 rings (SSSR count). The molecule has 0 atom stereocenters. The Kier molecular flexibility index (Phi) is 2.20. The van der Waals surface area contributed by atoms with Gasteiger partial charge in [-0.2, -0.15) is 0 Å². The zero-order chi connectivity index (χ0) is 9.26. The van der Waals surface area contributed by atoms with E-state index in [9.17, 15) is 0 Å². The number of aryl methyl sites for hydroxylation is 1. The number of hydrazine groups is 2. The van der Waals surface area contributed by atoms with E-state index in [2.05, 4.69) is 37.5 Å². The number of hydrogen-bond acceptors (Lipinski definition) is 4. The Morgan fingerprint density at radius 3 is 2.92 bits per heavy atom. The molecule has 0 spiro atoms. The lowest BCUT2D eigenvalue weighted by Gasteiger charge is -2.04. The average molecular weight is 241 g/mol. The molecule has 0 saturated carbocycles. The topological polar surface area (TPSA) is 48.5 Å². The van der Waals surface area contributed by atoms with Gasteiger partial charge in [-0.05, 0) is 24.6 Å². The van der Waals surface area contributed by atoms with Gasteiger partial charge >= 0.3 is 0 Å². The fraction of sp³-hybridized carbons (Fsp3) is 0.125. The van der Waals surface area contributed by atoms with Crippen molar-refractivity contribution in [3.05, 3.63) is 33.8 Å². The molecule has 5 heteroatoms. The molecule has 0 bridgehead atoms. The van der Waals surface area contributed by atoms with Crippen LogP contribution < -0.4 is 16.5 Å². The smallest absolute Gasteiger partial charge is 0.170 e. The van der Waals surface area contributed by atoms with E-state index in [1.54, 1.807) is 0 Å². The van der Waals surface area contributed by atoms with Gasteiger partial charge in [0.05, 0.1) is 0 Å². The first kappa shape index (κ1) is 8.52. The van der Waals surface area contributed by atoms with E-state index in [-0.39, 0.29) is 0 Å². The zero-order valence-corrected chi connectivity index (χ0v) is 8.64. The summed E-state index contributed by atoms with van der Waals surface area (Å²) in [5.74, 6) is 0.804. The molecule has 13 heavy (non-hydrogen) atoms. The third-order valence-corrected chi connectivity index (χ3v) is 2.35. The molecule has 1 aromatic carbocycles. The highest BCUT2D eigenvalue weighted by molar-refractivity contribution is 9.10. The minimum atomic E-state index is 0.804. The highest BCUT2D eigenvalue weighted by atomic mass is 79.9. The predicted molar refractivity (Wildman–Crippen MR) is 54.8 cm³/mol. The van der Waals surface area contributed by atoms with Gasteiger partial charge in [0.1, 0.15) is 0 Å². The normalized spacial score (nSPS) is 14.8. The Hall–Kier alpha value is -1.07. The Balaban J connectivity index is 2.43. The van der Waals surface area contributed by atoms with Crippen molar-refractivity contribution in [3.8, 4) is 0 Å². The van der Waals surface area contributed by atoms with Crippen molar-refractivity contribution in [1.82, 2.24) is 16.5 Å². The third kappa shape index (κ3) is 1.66. The summed E-state index contributed by atoms with van der Waals surface area (Å²) in [5, 5.41) is 4.03. The maximum absolute atomic E-state index is 4.03. The van der Waals surface area contributed by atoms with Crippen LogP contribution in [0.25, 0.3) is 0 Å². The molecule has 0 aromatic heterocycles. The first-order valence-electron chi connectivity index (χ1n) is 3.87. The quantitative estimate of drug-likeness (QED) is 0.688. The summed E-state index contributed by atoms with van der Waals surface area (Å²) >= 11 is 3.42. The van der Waals surface area contributed by atoms with Crippen LogP contribution in [0.1, 0.15) is 11.1 Å². The molecule has 0 radical (unpaired) electrons. The molecule has 1 aromatic rings. The molecule has 1 aliphatic heterocycles. The van der Waals surface area contributed by atoms with E-state index in [4.69, 9.17) is 0 Å². The van der Waals surface area contributed by atoms with Gasteiger partial charge in [-0.3, -0.25) is 5.43 Å². The Morgan fingerprint density at radius 1 is 1.38 bits per heavy atom. The first-order chi connectivity index (χ1) is 6.27. The van der Waals surface area contributed by atoms with Gasteiger partial charge in [0.2, 0.25) is 0 Å². The van der Waals surface area contributed by atoms with Crippen molar-refractivity contribution < 1.29 is 0 Å². The molecule has 68 valence electrons. The number of hydrogen-bond donors (Lipinski definition) is 3. The van der Waals surface area contributed by atoms with Gasteiger partial charge in [-0.15, -0.1) is 10.6 Å². The van der Waals surface area contributed by atoms with Gasteiger partial charge in [0.15, 0.2) is 5.84 Å². The minimum absolute atomic E-state index is 0.804. The zero-order valence-electron chi connectivity index (χ0n) is 7.06. The summed E-state index contributed by atoms with van der Waals surface area (Å²) in [6.45, 7) is 2.05. The molecule has 4 nitrogen and oxygen atoms in total. The number of rotatable bonds is 1. The summed E-state index contributed by atoms with van der Waals surface area (Å²) in [6, 6.07) is 6.08. The lowest BCUT2D eigenvalue weighted by atomic mass is 10.1. The Morgan fingerprint density at radius 2 is 2.23 bits per heavy atom. The van der Waals surface area contributed by atoms with Gasteiger partial charge in [-0.1, -0.05) is 22.0 Å². The lowest BCUT2D eigenvalue weighted by Crippen LogP contribution is -2.35. The first-order valence-corrected chi connectivity index (χ1v) is 4.67. The van der Waals surface area contributed by atoms with Crippen molar-refractivity contribution in [2.75, 3.05) is 0 Å². The molecule has 0 fully saturated rings. The van der Waals surface area contributed by atoms with E-state index in [0.29, 0.717) is 0 Å². The number of halogens is 1. The molecular weight excluding hydrogens is 232 g/mol. The molecule has 1 heterocycles. The second-order valence-corrected chi connectivity index (χ2v) is 3.70. The van der Waals surface area contributed by atoms with Crippen molar-refractivity contribution in [3.63, 3.8) is 0 Å². The van der Waals surface area contributed by atoms with Gasteiger partial charge < -0.3 is 0 Å². The van der Waals surface area contributed by atoms with Crippen LogP contribution in [0.2, 0.25) is 0 Å². The predicted octanol–water partition coefficient (Wildman–Crippen LogP) is 1.03. The molecule has 3 N–H and O–H groups in total. The fourth-order valence-electron chi connectivity index (χ4n) is 1.18. The summed E-state index contributed by atoms with van der Waals surface area (Å²) in [7, 11) is 0. The second kappa shape index (κ2) is 3.35. The van der Waals surface area contributed by atoms with Crippen LogP contribution in [0.15, 0.2) is 27.8 Å². The van der Waals surface area contributed by atoms with Gasteiger partial charge in [0, 0.05) is 10.0 Å². The molecule has 0 amide bonds. The average Bonchev–Trinajstić information content (AvgIpc) is 2.61. The number of benzene rings is 1. The number of hydrazone groups is 1. The SMILES string of the molecule is Cc1ccc(Br)cc1C1=NNNN1. The third-order valence-electron chi connectivity index (χ3n) is 1.86. The van der Waals surface area contributed by atoms with Crippen LogP contribution in [0.5, 0.6) is 0 Å². The molecule has 0 aliphatic carbocycles. The van der Waals surface area contributed by atoms with Crippen LogP contribution in [0.3, 0.4) is 0 Å². The highest BCUT2D eigenvalue weighted by Crippen LogP contribution is 2.16. The van der Waals surface area contributed by atoms with E-state index < -0.39 is 0 Å². The van der Waals surface area contributed by atoms with E-state index in [1.807, 2.05) is 25.1 Å². The molecular formula is C8H9BrN4. The second-order valence-electron chi connectivity index (χ2n) is 2.78. The summed E-state index contributed by atoms with van der Waals surface area (Å²) in [4.78, 5) is 0. The maximum Gasteiger partial charge on any atom is 0.170 e. The monoisotopic (exact) mass is 240 g/mol. The molecule has 1 aliphatic rings. The number of nitrogens with one attached hydrogen (secondary N) is 3. The largest absolute Gasteiger partial charge is 0.285 e. The maximum atomic E-state index is 4.03. The fourth-order valence-corrected chi connectivity index (χ4v) is 1.54. The van der Waals surface area contributed by atoms with Crippen LogP contribution in [0.4, 0.5) is 0 Å². The van der Waals surface area contributed by atoms with Crippen LogP contribution >= 0.6 is 15.9 Å². The van der Waals surface area contributed by atoms with Crippen molar-refractivity contribution in [2.45, 2.75) is 6.92 Å². The summed E-state index contributed by atoms with van der Waals surface area (Å²) in [5.41, 5.74) is 10.5. The van der Waals surface area contributed by atoms with Crippen LogP contribution in [-0.4, -0.2) is 5.84 Å². The van der Waals surface area contributed by atoms with Crippen molar-refractivity contribution in [1.29, 1.82) is 0 Å². The van der Waals surface area contributed by atoms with Crippen LogP contribution in [-0.2, 0) is 0 Å². The van der Waals surface area contributed by atoms with Crippen molar-refractivity contribution >= 4 is 21.8 Å². The highest BCUT2D eigenvalue weighted by Gasteiger charge is 2.10.